The highest BCUT2D eigenvalue weighted by molar-refractivity contribution is 5.46. The first-order chi connectivity index (χ1) is 8.23. The molecule has 100 valence electrons. The van der Waals surface area contributed by atoms with Crippen LogP contribution in [0, 0.1) is 0 Å². The summed E-state index contributed by atoms with van der Waals surface area (Å²) in [4.78, 5) is 2.08. The van der Waals surface area contributed by atoms with Gasteiger partial charge in [0.2, 0.25) is 0 Å². The smallest absolute Gasteiger partial charge is 0.185 e. The summed E-state index contributed by atoms with van der Waals surface area (Å²) in [6.07, 6.45) is -0.272. The number of hydrogen-bond donors (Lipinski definition) is 0. The largest absolute Gasteiger partial charge is 0.378 e. The molecule has 1 fully saturated rings. The Hall–Kier alpha value is -1.06. The lowest BCUT2D eigenvalue weighted by atomic mass is 9.90. The molecule has 1 aliphatic heterocycles. The molecule has 18 heavy (non-hydrogen) atoms. The highest BCUT2D eigenvalue weighted by atomic mass is 16.7. The average Bonchev–Trinajstić information content (AvgIpc) is 2.48. The maximum atomic E-state index is 6.01. The van der Waals surface area contributed by atoms with Crippen molar-refractivity contribution in [2.75, 3.05) is 19.0 Å². The molecule has 2 rings (SSSR count). The van der Waals surface area contributed by atoms with E-state index in [1.165, 1.54) is 5.69 Å². The van der Waals surface area contributed by atoms with Gasteiger partial charge < -0.3 is 14.4 Å². The van der Waals surface area contributed by atoms with Gasteiger partial charge in [-0.1, -0.05) is 12.1 Å². The van der Waals surface area contributed by atoms with Crippen molar-refractivity contribution in [2.24, 2.45) is 0 Å². The number of anilines is 1. The molecule has 1 aromatic rings. The molecule has 0 atom stereocenters. The third-order valence-electron chi connectivity index (χ3n) is 3.93. The van der Waals surface area contributed by atoms with Gasteiger partial charge in [-0.05, 0) is 39.8 Å². The maximum absolute atomic E-state index is 6.01. The van der Waals surface area contributed by atoms with E-state index in [9.17, 15) is 0 Å². The molecule has 1 saturated heterocycles. The minimum absolute atomic E-state index is 0.272. The van der Waals surface area contributed by atoms with E-state index in [0.717, 1.165) is 5.56 Å². The van der Waals surface area contributed by atoms with Crippen molar-refractivity contribution < 1.29 is 9.47 Å². The van der Waals surface area contributed by atoms with Crippen LogP contribution in [0.3, 0.4) is 0 Å². The fraction of sp³-hybridized carbons (Fsp3) is 0.600. The first-order valence-electron chi connectivity index (χ1n) is 6.36. The van der Waals surface area contributed by atoms with E-state index in [0.29, 0.717) is 0 Å². The van der Waals surface area contributed by atoms with E-state index in [4.69, 9.17) is 9.47 Å². The average molecular weight is 249 g/mol. The number of nitrogens with zero attached hydrogens (tertiary/aromatic N) is 1. The van der Waals surface area contributed by atoms with Crippen molar-refractivity contribution in [1.29, 1.82) is 0 Å². The Balaban J connectivity index is 2.19. The first kappa shape index (κ1) is 13.4. The highest BCUT2D eigenvalue weighted by Gasteiger charge is 2.49. The van der Waals surface area contributed by atoms with Gasteiger partial charge in [0.1, 0.15) is 0 Å². The lowest BCUT2D eigenvalue weighted by Crippen LogP contribution is -2.41. The Morgan fingerprint density at radius 1 is 0.889 bits per heavy atom. The zero-order valence-corrected chi connectivity index (χ0v) is 12.2. The first-order valence-corrected chi connectivity index (χ1v) is 6.36. The van der Waals surface area contributed by atoms with Gasteiger partial charge in [0.25, 0.3) is 0 Å². The molecular formula is C15H23NO2. The van der Waals surface area contributed by atoms with Gasteiger partial charge in [-0.15, -0.1) is 0 Å². The Kier molecular flexibility index (Phi) is 3.16. The molecule has 1 aromatic carbocycles. The van der Waals surface area contributed by atoms with Crippen LogP contribution < -0.4 is 4.90 Å². The number of rotatable bonds is 2. The van der Waals surface area contributed by atoms with Gasteiger partial charge in [0, 0.05) is 25.3 Å². The fourth-order valence-corrected chi connectivity index (χ4v) is 1.91. The molecule has 0 radical (unpaired) electrons. The number of ether oxygens (including phenoxy) is 2. The normalized spacial score (nSPS) is 22.1. The van der Waals surface area contributed by atoms with Gasteiger partial charge >= 0.3 is 0 Å². The molecule has 0 amide bonds. The van der Waals surface area contributed by atoms with Crippen molar-refractivity contribution in [3.63, 3.8) is 0 Å². The topological polar surface area (TPSA) is 21.7 Å². The van der Waals surface area contributed by atoms with Crippen LogP contribution in [0.15, 0.2) is 24.3 Å². The van der Waals surface area contributed by atoms with E-state index < -0.39 is 0 Å². The van der Waals surface area contributed by atoms with Crippen LogP contribution in [0.25, 0.3) is 0 Å². The second-order valence-corrected chi connectivity index (χ2v) is 6.07. The number of benzene rings is 1. The molecule has 0 unspecified atom stereocenters. The third-order valence-corrected chi connectivity index (χ3v) is 3.93. The predicted octanol–water partition coefficient (Wildman–Crippen LogP) is 3.36. The van der Waals surface area contributed by atoms with Crippen LogP contribution in [0.5, 0.6) is 0 Å². The lowest BCUT2D eigenvalue weighted by Gasteiger charge is -2.30. The molecule has 0 spiro atoms. The summed E-state index contributed by atoms with van der Waals surface area (Å²) in [7, 11) is 4.06. The maximum Gasteiger partial charge on any atom is 0.185 e. The Bertz CT molecular complexity index is 405. The number of hydrogen-bond acceptors (Lipinski definition) is 3. The molecule has 0 aliphatic carbocycles. The van der Waals surface area contributed by atoms with Crippen LogP contribution in [-0.4, -0.2) is 25.3 Å². The summed E-state index contributed by atoms with van der Waals surface area (Å²) in [6, 6.07) is 8.30. The third kappa shape index (κ3) is 2.25. The Morgan fingerprint density at radius 3 is 1.72 bits per heavy atom. The minimum atomic E-state index is -0.280. The van der Waals surface area contributed by atoms with Gasteiger partial charge in [0.15, 0.2) is 6.29 Å². The van der Waals surface area contributed by atoms with Crippen LogP contribution in [0.1, 0.15) is 39.5 Å². The minimum Gasteiger partial charge on any atom is -0.378 e. The van der Waals surface area contributed by atoms with Crippen molar-refractivity contribution in [3.05, 3.63) is 29.8 Å². The summed E-state index contributed by atoms with van der Waals surface area (Å²) in [6.45, 7) is 8.28. The summed E-state index contributed by atoms with van der Waals surface area (Å²) in [5.74, 6) is 0. The van der Waals surface area contributed by atoms with Crippen molar-refractivity contribution >= 4 is 5.69 Å². The van der Waals surface area contributed by atoms with Crippen molar-refractivity contribution in [1.82, 2.24) is 0 Å². The lowest BCUT2D eigenvalue weighted by molar-refractivity contribution is -0.0895. The molecule has 0 saturated carbocycles. The van der Waals surface area contributed by atoms with E-state index in [1.807, 2.05) is 14.1 Å². The summed E-state index contributed by atoms with van der Waals surface area (Å²) in [5.41, 5.74) is 1.69. The Labute approximate surface area is 110 Å². The van der Waals surface area contributed by atoms with Gasteiger partial charge in [-0.2, -0.15) is 0 Å². The van der Waals surface area contributed by atoms with E-state index >= 15 is 0 Å². The molecule has 1 aliphatic rings. The van der Waals surface area contributed by atoms with Gasteiger partial charge in [-0.25, -0.2) is 0 Å². The zero-order valence-electron chi connectivity index (χ0n) is 12.2. The van der Waals surface area contributed by atoms with Crippen LogP contribution >= 0.6 is 0 Å². The SMILES string of the molecule is CN(C)c1ccc(C2OC(C)(C)C(C)(C)O2)cc1. The van der Waals surface area contributed by atoms with E-state index in [-0.39, 0.29) is 17.5 Å². The van der Waals surface area contributed by atoms with Crippen molar-refractivity contribution in [3.8, 4) is 0 Å². The van der Waals surface area contributed by atoms with Crippen molar-refractivity contribution in [2.45, 2.75) is 45.2 Å². The standard InChI is InChI=1S/C15H23NO2/c1-14(2)15(3,4)18-13(17-14)11-7-9-12(10-8-11)16(5)6/h7-10,13H,1-6H3. The molecule has 0 aromatic heterocycles. The highest BCUT2D eigenvalue weighted by Crippen LogP contribution is 2.44. The fourth-order valence-electron chi connectivity index (χ4n) is 1.91. The molecule has 1 heterocycles. The quantitative estimate of drug-likeness (QED) is 0.802. The van der Waals surface area contributed by atoms with Gasteiger partial charge in [0.05, 0.1) is 11.2 Å². The van der Waals surface area contributed by atoms with Gasteiger partial charge in [-0.3, -0.25) is 0 Å². The Morgan fingerprint density at radius 2 is 1.33 bits per heavy atom. The van der Waals surface area contributed by atoms with E-state index in [1.54, 1.807) is 0 Å². The summed E-state index contributed by atoms with van der Waals surface area (Å²) < 4.78 is 12.0. The monoisotopic (exact) mass is 249 g/mol. The summed E-state index contributed by atoms with van der Waals surface area (Å²) in [5, 5.41) is 0. The van der Waals surface area contributed by atoms with Crippen LogP contribution in [0.4, 0.5) is 5.69 Å². The molecule has 3 nitrogen and oxygen atoms in total. The molecule has 0 bridgehead atoms. The molecule has 3 heteroatoms. The predicted molar refractivity (Wildman–Crippen MR) is 73.8 cm³/mol. The van der Waals surface area contributed by atoms with Crippen LogP contribution in [-0.2, 0) is 9.47 Å². The second-order valence-electron chi connectivity index (χ2n) is 6.07. The second kappa shape index (κ2) is 4.25. The van der Waals surface area contributed by atoms with Crippen LogP contribution in [0.2, 0.25) is 0 Å². The van der Waals surface area contributed by atoms with E-state index in [2.05, 4.69) is 56.9 Å². The molecule has 0 N–H and O–H groups in total. The zero-order chi connectivity index (χ0) is 13.6. The molecular weight excluding hydrogens is 226 g/mol. The summed E-state index contributed by atoms with van der Waals surface area (Å²) >= 11 is 0.